The molecule has 1 atom stereocenters. The lowest BCUT2D eigenvalue weighted by Crippen LogP contribution is -2.55. The number of carbonyl (C=O) groups excluding carboxylic acids is 1. The first-order valence-corrected chi connectivity index (χ1v) is 10.1. The van der Waals surface area contributed by atoms with Crippen molar-refractivity contribution in [2.45, 2.75) is 25.4 Å². The maximum absolute atomic E-state index is 12.7. The van der Waals surface area contributed by atoms with Crippen molar-refractivity contribution in [3.63, 3.8) is 0 Å². The molecule has 168 valence electrons. The second-order valence-corrected chi connectivity index (χ2v) is 7.78. The molecule has 1 saturated heterocycles. The Morgan fingerprint density at radius 1 is 1.25 bits per heavy atom. The number of nitrogens with zero attached hydrogens (tertiary/aromatic N) is 2. The number of amidine groups is 1. The lowest BCUT2D eigenvalue weighted by molar-refractivity contribution is -0.274. The average molecular weight is 447 g/mol. The number of amides is 1. The molecule has 2 aromatic rings. The molecule has 2 aromatic carbocycles. The summed E-state index contributed by atoms with van der Waals surface area (Å²) in [6.45, 7) is 3.46. The van der Waals surface area contributed by atoms with E-state index in [0.717, 1.165) is 13.1 Å². The molecule has 3 heterocycles. The number of benzene rings is 2. The quantitative estimate of drug-likeness (QED) is 0.668. The Labute approximate surface area is 181 Å². The van der Waals surface area contributed by atoms with Crippen molar-refractivity contribution < 1.29 is 27.4 Å². The summed E-state index contributed by atoms with van der Waals surface area (Å²) in [5, 5.41) is 10.7. The highest BCUT2D eigenvalue weighted by molar-refractivity contribution is 6.10. The smallest absolute Gasteiger partial charge is 0.483 e. The summed E-state index contributed by atoms with van der Waals surface area (Å²) in [7, 11) is 0. The van der Waals surface area contributed by atoms with Crippen LogP contribution in [0.25, 0.3) is 11.1 Å². The first-order valence-electron chi connectivity index (χ1n) is 10.1. The highest BCUT2D eigenvalue weighted by Gasteiger charge is 2.36. The molecule has 11 heteroatoms. The zero-order valence-corrected chi connectivity index (χ0v) is 17.0. The van der Waals surface area contributed by atoms with E-state index in [0.29, 0.717) is 34.1 Å². The third-order valence-electron chi connectivity index (χ3n) is 5.58. The van der Waals surface area contributed by atoms with Gasteiger partial charge in [-0.25, -0.2) is 5.43 Å². The molecule has 0 radical (unpaired) electrons. The molecule has 0 spiro atoms. The predicted molar refractivity (Wildman–Crippen MR) is 112 cm³/mol. The van der Waals surface area contributed by atoms with Crippen molar-refractivity contribution in [1.29, 1.82) is 0 Å². The van der Waals surface area contributed by atoms with E-state index in [-0.39, 0.29) is 24.3 Å². The summed E-state index contributed by atoms with van der Waals surface area (Å²) >= 11 is 0. The molecule has 0 aromatic heterocycles. The van der Waals surface area contributed by atoms with Crippen LogP contribution < -0.4 is 30.4 Å². The van der Waals surface area contributed by atoms with Gasteiger partial charge in [-0.2, -0.15) is 5.10 Å². The molecule has 3 aliphatic heterocycles. The fraction of sp³-hybridized carbons (Fsp3) is 0.333. The van der Waals surface area contributed by atoms with Gasteiger partial charge in [0.2, 0.25) is 0 Å². The zero-order valence-electron chi connectivity index (χ0n) is 17.0. The number of halogens is 3. The first-order chi connectivity index (χ1) is 15.3. The molecular formula is C21H20F3N5O3. The van der Waals surface area contributed by atoms with E-state index in [4.69, 9.17) is 4.74 Å². The normalized spacial score (nSPS) is 20.2. The van der Waals surface area contributed by atoms with Gasteiger partial charge in [0.25, 0.3) is 5.91 Å². The van der Waals surface area contributed by atoms with Gasteiger partial charge in [-0.05, 0) is 36.8 Å². The number of rotatable bonds is 4. The lowest BCUT2D eigenvalue weighted by atomic mass is 9.99. The van der Waals surface area contributed by atoms with Crippen molar-refractivity contribution in [2.75, 3.05) is 29.9 Å². The molecule has 1 fully saturated rings. The maximum Gasteiger partial charge on any atom is 0.573 e. The highest BCUT2D eigenvalue weighted by Crippen LogP contribution is 2.43. The Kier molecular flexibility index (Phi) is 4.85. The number of alkyl halides is 3. The van der Waals surface area contributed by atoms with Crippen LogP contribution >= 0.6 is 0 Å². The minimum Gasteiger partial charge on any atom is -0.483 e. The molecule has 3 aliphatic rings. The first kappa shape index (κ1) is 20.4. The van der Waals surface area contributed by atoms with E-state index in [1.165, 1.54) is 18.2 Å². The topological polar surface area (TPSA) is 87.2 Å². The van der Waals surface area contributed by atoms with Gasteiger partial charge in [-0.3, -0.25) is 4.79 Å². The van der Waals surface area contributed by atoms with Crippen LogP contribution in [0.5, 0.6) is 11.5 Å². The van der Waals surface area contributed by atoms with Crippen LogP contribution in [-0.2, 0) is 4.79 Å². The lowest BCUT2D eigenvalue weighted by Gasteiger charge is -2.39. The molecule has 8 nitrogen and oxygen atoms in total. The third kappa shape index (κ3) is 3.79. The summed E-state index contributed by atoms with van der Waals surface area (Å²) in [5.74, 6) is 0.551. The second kappa shape index (κ2) is 7.59. The Morgan fingerprint density at radius 2 is 2.06 bits per heavy atom. The second-order valence-electron chi connectivity index (χ2n) is 7.78. The Morgan fingerprint density at radius 3 is 2.78 bits per heavy atom. The molecular weight excluding hydrogens is 427 g/mol. The Bertz CT molecular complexity index is 1100. The monoisotopic (exact) mass is 447 g/mol. The van der Waals surface area contributed by atoms with Crippen molar-refractivity contribution in [1.82, 2.24) is 10.7 Å². The zero-order chi connectivity index (χ0) is 22.5. The van der Waals surface area contributed by atoms with Crippen LogP contribution in [0.2, 0.25) is 0 Å². The predicted octanol–water partition coefficient (Wildman–Crippen LogP) is 2.67. The minimum atomic E-state index is -4.78. The largest absolute Gasteiger partial charge is 0.573 e. The summed E-state index contributed by atoms with van der Waals surface area (Å²) in [6.07, 6.45) is -4.78. The number of hydrogen-bond donors (Lipinski definition) is 3. The van der Waals surface area contributed by atoms with Crippen LogP contribution in [0, 0.1) is 0 Å². The molecule has 1 amide bonds. The van der Waals surface area contributed by atoms with Crippen molar-refractivity contribution in [3.8, 4) is 22.6 Å². The summed E-state index contributed by atoms with van der Waals surface area (Å²) in [6, 6.07) is 9.11. The average Bonchev–Trinajstić information content (AvgIpc) is 2.71. The van der Waals surface area contributed by atoms with Crippen molar-refractivity contribution >= 4 is 23.1 Å². The van der Waals surface area contributed by atoms with Gasteiger partial charge < -0.3 is 25.0 Å². The van der Waals surface area contributed by atoms with Gasteiger partial charge in [0.15, 0.2) is 5.84 Å². The fourth-order valence-corrected chi connectivity index (χ4v) is 3.90. The van der Waals surface area contributed by atoms with E-state index in [1.54, 1.807) is 19.1 Å². The van der Waals surface area contributed by atoms with Crippen molar-refractivity contribution in [3.05, 3.63) is 36.4 Å². The van der Waals surface area contributed by atoms with Gasteiger partial charge in [-0.1, -0.05) is 12.1 Å². The van der Waals surface area contributed by atoms with Crippen LogP contribution in [0.4, 0.5) is 24.5 Å². The number of anilines is 2. The fourth-order valence-electron chi connectivity index (χ4n) is 3.90. The standard InChI is InChI=1S/C21H20F3N5O3/c1-11-20(30)28-27-19-10-31-18-6-15(12-3-2-4-14(5-12)32-21(22,23)24)16(7-17(18)29(11)19)26-13-8-25-9-13/h2-7,11,13,25-26H,8-10H2,1H3,(H,28,30). The maximum atomic E-state index is 12.7. The molecule has 1 unspecified atom stereocenters. The number of ether oxygens (including phenoxy) is 2. The molecule has 3 N–H and O–H groups in total. The van der Waals surface area contributed by atoms with Crippen LogP contribution in [-0.4, -0.2) is 49.9 Å². The van der Waals surface area contributed by atoms with E-state index in [1.807, 2.05) is 11.0 Å². The molecule has 0 aliphatic carbocycles. The van der Waals surface area contributed by atoms with Crippen LogP contribution in [0.15, 0.2) is 41.5 Å². The SMILES string of the molecule is CC1C(=O)NN=C2COc3cc(-c4cccc(OC(F)(F)F)c4)c(NC4CNC4)cc3N21. The number of fused-ring (bicyclic) bond motifs is 3. The molecule has 0 saturated carbocycles. The van der Waals surface area contributed by atoms with Gasteiger partial charge in [0.05, 0.1) is 11.7 Å². The van der Waals surface area contributed by atoms with Crippen molar-refractivity contribution in [2.24, 2.45) is 5.10 Å². The van der Waals surface area contributed by atoms with E-state index < -0.39 is 12.4 Å². The van der Waals surface area contributed by atoms with Gasteiger partial charge in [0.1, 0.15) is 24.1 Å². The van der Waals surface area contributed by atoms with Crippen LogP contribution in [0.1, 0.15) is 6.92 Å². The molecule has 32 heavy (non-hydrogen) atoms. The van der Waals surface area contributed by atoms with Gasteiger partial charge >= 0.3 is 6.36 Å². The van der Waals surface area contributed by atoms with E-state index >= 15 is 0 Å². The Hall–Kier alpha value is -3.47. The number of hydrogen-bond acceptors (Lipinski definition) is 7. The summed E-state index contributed by atoms with van der Waals surface area (Å²) in [5.41, 5.74) is 5.07. The molecule has 0 bridgehead atoms. The number of hydrazone groups is 1. The number of nitrogens with one attached hydrogen (secondary N) is 3. The number of carbonyl (C=O) groups is 1. The Balaban J connectivity index is 1.59. The summed E-state index contributed by atoms with van der Waals surface area (Å²) in [4.78, 5) is 14.0. The van der Waals surface area contributed by atoms with Crippen LogP contribution in [0.3, 0.4) is 0 Å². The van der Waals surface area contributed by atoms with Gasteiger partial charge in [0, 0.05) is 24.3 Å². The summed E-state index contributed by atoms with van der Waals surface area (Å²) < 4.78 is 48.1. The van der Waals surface area contributed by atoms with Gasteiger partial charge in [-0.15, -0.1) is 13.2 Å². The van der Waals surface area contributed by atoms with E-state index in [9.17, 15) is 18.0 Å². The third-order valence-corrected chi connectivity index (χ3v) is 5.58. The highest BCUT2D eigenvalue weighted by atomic mass is 19.4. The van der Waals surface area contributed by atoms with E-state index in [2.05, 4.69) is 25.9 Å². The minimum absolute atomic E-state index is 0.160. The molecule has 5 rings (SSSR count).